The highest BCUT2D eigenvalue weighted by Gasteiger charge is 2.27. The Morgan fingerprint density at radius 1 is 1.12 bits per heavy atom. The number of likely N-dealkylation sites (N-methyl/N-ethyl adjacent to an activating group) is 1. The van der Waals surface area contributed by atoms with Gasteiger partial charge in [-0.05, 0) is 62.8 Å². The number of benzene rings is 1. The van der Waals surface area contributed by atoms with Gasteiger partial charge in [0.2, 0.25) is 5.95 Å². The lowest BCUT2D eigenvalue weighted by molar-refractivity contribution is 0.120. The molecule has 10 nitrogen and oxygen atoms in total. The van der Waals surface area contributed by atoms with Crippen LogP contribution in [0, 0.1) is 5.82 Å². The van der Waals surface area contributed by atoms with E-state index in [1.54, 1.807) is 31.2 Å². The molecule has 4 rings (SSSR count). The molecule has 1 saturated carbocycles. The van der Waals surface area contributed by atoms with Crippen LogP contribution in [0.5, 0.6) is 5.75 Å². The molecule has 0 spiro atoms. The van der Waals surface area contributed by atoms with Gasteiger partial charge in [-0.25, -0.2) is 9.37 Å². The summed E-state index contributed by atoms with van der Waals surface area (Å²) in [6.45, 7) is 5.04. The molecule has 1 aliphatic carbocycles. The van der Waals surface area contributed by atoms with Gasteiger partial charge in [-0.1, -0.05) is 13.3 Å². The molecule has 3 aromatic rings. The summed E-state index contributed by atoms with van der Waals surface area (Å²) < 4.78 is 28.2. The SMILES string of the molecule is CCCCN(CCO)c1nc(N)nc2cn(Cc3c(F)cc(C4CCC(N(C)CCOC)CC4)cc3OC)nc12. The van der Waals surface area contributed by atoms with Gasteiger partial charge >= 0.3 is 0 Å². The number of hydrogen-bond donors (Lipinski definition) is 2. The number of methoxy groups -OCH3 is 2. The van der Waals surface area contributed by atoms with Crippen LogP contribution in [0.25, 0.3) is 11.0 Å². The van der Waals surface area contributed by atoms with Crippen LogP contribution < -0.4 is 15.4 Å². The van der Waals surface area contributed by atoms with E-state index in [1.807, 2.05) is 11.0 Å². The van der Waals surface area contributed by atoms with E-state index < -0.39 is 0 Å². The summed E-state index contributed by atoms with van der Waals surface area (Å²) in [5, 5.41) is 14.3. The number of unbranched alkanes of at least 4 members (excludes halogenated alkanes) is 1. The summed E-state index contributed by atoms with van der Waals surface area (Å²) in [4.78, 5) is 13.1. The minimum atomic E-state index is -0.302. The van der Waals surface area contributed by atoms with Crippen LogP contribution in [0.4, 0.5) is 16.2 Å². The predicted molar refractivity (Wildman–Crippen MR) is 155 cm³/mol. The number of ether oxygens (including phenoxy) is 2. The quantitative estimate of drug-likeness (QED) is 0.305. The van der Waals surface area contributed by atoms with Crippen molar-refractivity contribution in [1.29, 1.82) is 0 Å². The van der Waals surface area contributed by atoms with Crippen LogP contribution in [0.3, 0.4) is 0 Å². The Bertz CT molecular complexity index is 1250. The van der Waals surface area contributed by atoms with E-state index in [2.05, 4.69) is 28.8 Å². The first kappa shape index (κ1) is 30.0. The largest absolute Gasteiger partial charge is 0.496 e. The minimum absolute atomic E-state index is 0.0171. The fourth-order valence-electron chi connectivity index (χ4n) is 5.69. The Labute approximate surface area is 236 Å². The highest BCUT2D eigenvalue weighted by molar-refractivity contribution is 5.86. The molecular weight excluding hydrogens is 513 g/mol. The maximum Gasteiger partial charge on any atom is 0.222 e. The van der Waals surface area contributed by atoms with Gasteiger partial charge in [-0.15, -0.1) is 0 Å². The number of anilines is 2. The zero-order valence-electron chi connectivity index (χ0n) is 24.3. The number of aromatic nitrogens is 4. The lowest BCUT2D eigenvalue weighted by atomic mass is 9.81. The van der Waals surface area contributed by atoms with Crippen LogP contribution in [-0.4, -0.2) is 89.9 Å². The minimum Gasteiger partial charge on any atom is -0.496 e. The van der Waals surface area contributed by atoms with Gasteiger partial charge in [0.15, 0.2) is 11.3 Å². The number of nitrogens with two attached hydrogens (primary N) is 1. The van der Waals surface area contributed by atoms with Crippen LogP contribution in [-0.2, 0) is 11.3 Å². The number of aliphatic hydroxyl groups excluding tert-OH is 1. The lowest BCUT2D eigenvalue weighted by Crippen LogP contribution is -2.36. The molecule has 40 heavy (non-hydrogen) atoms. The zero-order chi connectivity index (χ0) is 28.6. The van der Waals surface area contributed by atoms with Crippen molar-refractivity contribution in [2.24, 2.45) is 0 Å². The van der Waals surface area contributed by atoms with E-state index in [4.69, 9.17) is 20.3 Å². The third kappa shape index (κ3) is 7.00. The van der Waals surface area contributed by atoms with Crippen molar-refractivity contribution in [2.75, 3.05) is 64.7 Å². The molecule has 220 valence electrons. The summed E-state index contributed by atoms with van der Waals surface area (Å²) in [5.74, 6) is 1.23. The number of nitrogens with zero attached hydrogens (tertiary/aromatic N) is 6. The lowest BCUT2D eigenvalue weighted by Gasteiger charge is -2.35. The van der Waals surface area contributed by atoms with Crippen molar-refractivity contribution in [3.05, 3.63) is 35.3 Å². The van der Waals surface area contributed by atoms with Crippen LogP contribution >= 0.6 is 0 Å². The predicted octanol–water partition coefficient (Wildman–Crippen LogP) is 3.81. The molecule has 0 unspecified atom stereocenters. The smallest absolute Gasteiger partial charge is 0.222 e. The number of rotatable bonds is 14. The van der Waals surface area contributed by atoms with Gasteiger partial charge in [-0.2, -0.15) is 10.1 Å². The van der Waals surface area contributed by atoms with E-state index in [-0.39, 0.29) is 24.9 Å². The first-order chi connectivity index (χ1) is 19.4. The van der Waals surface area contributed by atoms with E-state index in [0.29, 0.717) is 53.2 Å². The van der Waals surface area contributed by atoms with Gasteiger partial charge < -0.3 is 30.1 Å². The monoisotopic (exact) mass is 557 g/mol. The second kappa shape index (κ2) is 14.0. The molecule has 1 aliphatic rings. The number of aliphatic hydroxyl groups is 1. The van der Waals surface area contributed by atoms with Crippen LogP contribution in [0.2, 0.25) is 0 Å². The maximum absolute atomic E-state index is 15.6. The molecule has 11 heteroatoms. The van der Waals surface area contributed by atoms with Gasteiger partial charge in [0.05, 0.1) is 38.6 Å². The van der Waals surface area contributed by atoms with E-state index in [9.17, 15) is 5.11 Å². The van der Waals surface area contributed by atoms with Crippen molar-refractivity contribution in [3.63, 3.8) is 0 Å². The summed E-state index contributed by atoms with van der Waals surface area (Å²) in [6, 6.07) is 4.18. The van der Waals surface area contributed by atoms with Gasteiger partial charge in [0.1, 0.15) is 17.1 Å². The van der Waals surface area contributed by atoms with Crippen LogP contribution in [0.15, 0.2) is 18.3 Å². The van der Waals surface area contributed by atoms with Crippen molar-refractivity contribution in [1.82, 2.24) is 24.6 Å². The average Bonchev–Trinajstić information content (AvgIpc) is 3.36. The molecule has 2 heterocycles. The summed E-state index contributed by atoms with van der Waals surface area (Å²) in [6.07, 6.45) is 7.87. The Kier molecular flexibility index (Phi) is 10.5. The number of fused-ring (bicyclic) bond motifs is 1. The Morgan fingerprint density at radius 3 is 2.58 bits per heavy atom. The molecule has 0 radical (unpaired) electrons. The second-order valence-corrected chi connectivity index (χ2v) is 10.7. The van der Waals surface area contributed by atoms with Crippen molar-refractivity contribution >= 4 is 22.8 Å². The topological polar surface area (TPSA) is 115 Å². The first-order valence-electron chi connectivity index (χ1n) is 14.3. The maximum atomic E-state index is 15.6. The Hall–Kier alpha value is -3.02. The molecule has 1 aromatic carbocycles. The molecule has 0 saturated heterocycles. The number of halogens is 1. The van der Waals surface area contributed by atoms with Gasteiger partial charge in [0.25, 0.3) is 0 Å². The highest BCUT2D eigenvalue weighted by atomic mass is 19.1. The summed E-state index contributed by atoms with van der Waals surface area (Å²) in [7, 11) is 5.46. The molecular formula is C29H44FN7O3. The Morgan fingerprint density at radius 2 is 1.90 bits per heavy atom. The normalized spacial score (nSPS) is 17.6. The van der Waals surface area contributed by atoms with Crippen molar-refractivity contribution in [2.45, 2.75) is 64.0 Å². The molecule has 0 atom stereocenters. The molecule has 0 amide bonds. The standard InChI is InChI=1S/C29H44FN7O3/c1-5-6-11-36(12-14-38)28-27-25(32-29(31)33-28)19-37(34-27)18-23-24(30)16-21(17-26(23)40-4)20-7-9-22(10-8-20)35(2)13-15-39-3/h16-17,19-20,22,38H,5-15,18H2,1-4H3,(H2,31,32). The van der Waals surface area contributed by atoms with Gasteiger partial charge in [-0.3, -0.25) is 4.68 Å². The van der Waals surface area contributed by atoms with E-state index in [1.165, 1.54) is 0 Å². The molecule has 3 N–H and O–H groups in total. The van der Waals surface area contributed by atoms with E-state index >= 15 is 4.39 Å². The fraction of sp³-hybridized carbons (Fsp3) is 0.621. The summed E-state index contributed by atoms with van der Waals surface area (Å²) in [5.41, 5.74) is 8.58. The van der Waals surface area contributed by atoms with Gasteiger partial charge in [0, 0.05) is 32.8 Å². The third-order valence-corrected chi connectivity index (χ3v) is 8.02. The first-order valence-corrected chi connectivity index (χ1v) is 14.3. The second-order valence-electron chi connectivity index (χ2n) is 10.7. The fourth-order valence-corrected chi connectivity index (χ4v) is 5.69. The number of nitrogen functional groups attached to an aromatic ring is 1. The summed E-state index contributed by atoms with van der Waals surface area (Å²) >= 11 is 0. The van der Waals surface area contributed by atoms with Crippen LogP contribution in [0.1, 0.15) is 62.5 Å². The molecule has 0 bridgehead atoms. The van der Waals surface area contributed by atoms with E-state index in [0.717, 1.165) is 57.2 Å². The Balaban J connectivity index is 1.54. The number of hydrogen-bond acceptors (Lipinski definition) is 9. The highest BCUT2D eigenvalue weighted by Crippen LogP contribution is 2.38. The molecule has 1 fully saturated rings. The third-order valence-electron chi connectivity index (χ3n) is 8.02. The average molecular weight is 558 g/mol. The zero-order valence-corrected chi connectivity index (χ0v) is 24.3. The molecule has 2 aromatic heterocycles. The van der Waals surface area contributed by atoms with Crippen molar-refractivity contribution < 1.29 is 19.0 Å². The van der Waals surface area contributed by atoms with Crippen molar-refractivity contribution in [3.8, 4) is 5.75 Å². The molecule has 0 aliphatic heterocycles.